The summed E-state index contributed by atoms with van der Waals surface area (Å²) in [4.78, 5) is 9.82. The van der Waals surface area contributed by atoms with Crippen molar-refractivity contribution in [3.8, 4) is 23.2 Å². The van der Waals surface area contributed by atoms with Crippen LogP contribution in [0.3, 0.4) is 0 Å². The van der Waals surface area contributed by atoms with Gasteiger partial charge in [-0.25, -0.2) is 8.78 Å². The maximum Gasteiger partial charge on any atom is 0.417 e. The fourth-order valence-corrected chi connectivity index (χ4v) is 5.38. The second kappa shape index (κ2) is 8.97. The Balaban J connectivity index is 1.87. The van der Waals surface area contributed by atoms with E-state index in [1.54, 1.807) is 18.0 Å². The largest absolute Gasteiger partial charge is 0.467 e. The van der Waals surface area contributed by atoms with Crippen molar-refractivity contribution in [1.29, 1.82) is 5.26 Å². The molecule has 1 aliphatic rings. The zero-order chi connectivity index (χ0) is 26.6. The standard InChI is InChI=1S/C24H18F5N5O2S/c1-34(7-10-8-36-9-10)22-12-5-14(24(27,28)29)17(18(26)19(12)32-23(33-22)35-2)11-3-4-15(25)20-16(11)13(6-30)21(31)37-20/h3-5,10H,7-9,31H2,1-2H3. The van der Waals surface area contributed by atoms with Gasteiger partial charge in [-0.2, -0.15) is 28.4 Å². The molecule has 0 atom stereocenters. The van der Waals surface area contributed by atoms with E-state index in [2.05, 4.69) is 9.97 Å². The molecular formula is C24H18F5N5O2S. The van der Waals surface area contributed by atoms with E-state index in [0.29, 0.717) is 31.1 Å². The van der Waals surface area contributed by atoms with Crippen molar-refractivity contribution >= 4 is 43.1 Å². The van der Waals surface area contributed by atoms with Crippen LogP contribution in [0.2, 0.25) is 0 Å². The van der Waals surface area contributed by atoms with Gasteiger partial charge < -0.3 is 20.1 Å². The van der Waals surface area contributed by atoms with Crippen LogP contribution in [-0.4, -0.2) is 43.9 Å². The van der Waals surface area contributed by atoms with E-state index in [0.717, 1.165) is 18.2 Å². The summed E-state index contributed by atoms with van der Waals surface area (Å²) < 4.78 is 84.2. The Hall–Kier alpha value is -3.76. The number of nitrogens with zero attached hydrogens (tertiary/aromatic N) is 4. The Labute approximate surface area is 210 Å². The molecule has 7 nitrogen and oxygen atoms in total. The minimum absolute atomic E-state index is 0.0476. The molecule has 0 aliphatic carbocycles. The van der Waals surface area contributed by atoms with Crippen LogP contribution in [0.4, 0.5) is 32.8 Å². The first-order valence-corrected chi connectivity index (χ1v) is 11.7. The number of benzene rings is 2. The number of nitriles is 1. The fourth-order valence-electron chi connectivity index (χ4n) is 4.43. The zero-order valence-electron chi connectivity index (χ0n) is 19.4. The third-order valence-electron chi connectivity index (χ3n) is 6.18. The summed E-state index contributed by atoms with van der Waals surface area (Å²) in [6, 6.07) is 4.24. The van der Waals surface area contributed by atoms with Crippen LogP contribution < -0.4 is 15.4 Å². The van der Waals surface area contributed by atoms with Gasteiger partial charge in [0.05, 0.1) is 36.2 Å². The third-order valence-corrected chi connectivity index (χ3v) is 7.21. The molecular weight excluding hydrogens is 517 g/mol. The number of nitrogen functional groups attached to an aromatic ring is 1. The van der Waals surface area contributed by atoms with Gasteiger partial charge in [-0.15, -0.1) is 11.3 Å². The van der Waals surface area contributed by atoms with Crippen molar-refractivity contribution in [2.75, 3.05) is 44.5 Å². The number of rotatable bonds is 5. The summed E-state index contributed by atoms with van der Waals surface area (Å²) in [6.45, 7) is 1.38. The Bertz CT molecular complexity index is 1590. The van der Waals surface area contributed by atoms with E-state index in [1.165, 1.54) is 7.11 Å². The molecule has 3 heterocycles. The highest BCUT2D eigenvalue weighted by molar-refractivity contribution is 7.23. The van der Waals surface area contributed by atoms with Crippen molar-refractivity contribution in [3.63, 3.8) is 0 Å². The first-order chi connectivity index (χ1) is 17.5. The number of ether oxygens (including phenoxy) is 2. The average Bonchev–Trinajstić information content (AvgIpc) is 3.17. The highest BCUT2D eigenvalue weighted by Crippen LogP contribution is 2.47. The van der Waals surface area contributed by atoms with Crippen LogP contribution in [0.1, 0.15) is 11.1 Å². The van der Waals surface area contributed by atoms with E-state index in [4.69, 9.17) is 15.2 Å². The lowest BCUT2D eigenvalue weighted by molar-refractivity contribution is -0.137. The maximum absolute atomic E-state index is 16.2. The van der Waals surface area contributed by atoms with Crippen LogP contribution in [-0.2, 0) is 10.9 Å². The molecule has 0 spiro atoms. The molecule has 0 radical (unpaired) electrons. The number of aromatic nitrogens is 2. The predicted octanol–water partition coefficient (Wildman–Crippen LogP) is 5.35. The average molecular weight is 535 g/mol. The Morgan fingerprint density at radius 1 is 1.27 bits per heavy atom. The summed E-state index contributed by atoms with van der Waals surface area (Å²) >= 11 is 0.701. The number of halogens is 5. The van der Waals surface area contributed by atoms with Crippen molar-refractivity contribution in [2.45, 2.75) is 6.18 Å². The minimum atomic E-state index is -5.02. The number of hydrogen-bond donors (Lipinski definition) is 1. The smallest absolute Gasteiger partial charge is 0.417 e. The second-order valence-electron chi connectivity index (χ2n) is 8.58. The molecule has 2 aromatic heterocycles. The van der Waals surface area contributed by atoms with Gasteiger partial charge in [-0.1, -0.05) is 6.07 Å². The molecule has 0 unspecified atom stereocenters. The van der Waals surface area contributed by atoms with E-state index in [1.807, 2.05) is 0 Å². The van der Waals surface area contributed by atoms with Gasteiger partial charge in [-0.3, -0.25) is 0 Å². The fraction of sp³-hybridized carbons (Fsp3) is 0.292. The number of thiophene rings is 1. The SMILES string of the molecule is COc1nc(N(C)CC2COC2)c2cc(C(F)(F)F)c(-c3ccc(F)c4sc(N)c(C#N)c34)c(F)c2n1. The van der Waals surface area contributed by atoms with Crippen LogP contribution in [0.5, 0.6) is 6.01 Å². The van der Waals surface area contributed by atoms with Crippen LogP contribution in [0, 0.1) is 28.9 Å². The van der Waals surface area contributed by atoms with Crippen LogP contribution in [0.15, 0.2) is 18.2 Å². The van der Waals surface area contributed by atoms with Gasteiger partial charge in [0, 0.05) is 35.8 Å². The van der Waals surface area contributed by atoms with Gasteiger partial charge >= 0.3 is 12.2 Å². The molecule has 0 saturated carbocycles. The molecule has 0 bridgehead atoms. The maximum atomic E-state index is 16.2. The molecule has 4 aromatic rings. The lowest BCUT2D eigenvalue weighted by Crippen LogP contribution is -2.38. The van der Waals surface area contributed by atoms with Crippen LogP contribution >= 0.6 is 11.3 Å². The number of hydrogen-bond acceptors (Lipinski definition) is 8. The van der Waals surface area contributed by atoms with E-state index < -0.39 is 34.5 Å². The summed E-state index contributed by atoms with van der Waals surface area (Å²) in [5.74, 6) is -1.92. The molecule has 5 rings (SSSR count). The highest BCUT2D eigenvalue weighted by Gasteiger charge is 2.38. The minimum Gasteiger partial charge on any atom is -0.467 e. The molecule has 37 heavy (non-hydrogen) atoms. The highest BCUT2D eigenvalue weighted by atomic mass is 32.1. The van der Waals surface area contributed by atoms with E-state index >= 15 is 4.39 Å². The number of anilines is 2. The lowest BCUT2D eigenvalue weighted by Gasteiger charge is -2.31. The summed E-state index contributed by atoms with van der Waals surface area (Å²) in [7, 11) is 2.87. The first-order valence-electron chi connectivity index (χ1n) is 10.9. The molecule has 13 heteroatoms. The van der Waals surface area contributed by atoms with Crippen molar-refractivity contribution in [1.82, 2.24) is 9.97 Å². The van der Waals surface area contributed by atoms with E-state index in [-0.39, 0.29) is 49.3 Å². The molecule has 0 amide bonds. The third kappa shape index (κ3) is 4.06. The quantitative estimate of drug-likeness (QED) is 0.344. The molecule has 192 valence electrons. The van der Waals surface area contributed by atoms with Crippen molar-refractivity contribution in [3.05, 3.63) is 41.0 Å². The van der Waals surface area contributed by atoms with Crippen molar-refractivity contribution in [2.24, 2.45) is 5.92 Å². The summed E-state index contributed by atoms with van der Waals surface area (Å²) in [5, 5.41) is 9.12. The molecule has 2 N–H and O–H groups in total. The van der Waals surface area contributed by atoms with Gasteiger partial charge in [-0.05, 0) is 17.7 Å². The Morgan fingerprint density at radius 3 is 2.59 bits per heavy atom. The topological polar surface area (TPSA) is 97.3 Å². The molecule has 1 aliphatic heterocycles. The summed E-state index contributed by atoms with van der Waals surface area (Å²) in [5.41, 5.74) is 2.67. The number of nitrogens with two attached hydrogens (primary N) is 1. The van der Waals surface area contributed by atoms with Gasteiger partial charge in [0.1, 0.15) is 28.2 Å². The molecule has 1 fully saturated rings. The van der Waals surface area contributed by atoms with Gasteiger partial charge in [0.25, 0.3) is 0 Å². The first kappa shape index (κ1) is 24.9. The molecule has 2 aromatic carbocycles. The second-order valence-corrected chi connectivity index (χ2v) is 9.63. The lowest BCUT2D eigenvalue weighted by atomic mass is 9.92. The van der Waals surface area contributed by atoms with E-state index in [9.17, 15) is 22.8 Å². The summed E-state index contributed by atoms with van der Waals surface area (Å²) in [6.07, 6.45) is -5.02. The van der Waals surface area contributed by atoms with Gasteiger partial charge in [0.2, 0.25) is 0 Å². The number of alkyl halides is 3. The number of methoxy groups -OCH3 is 1. The molecule has 1 saturated heterocycles. The van der Waals surface area contributed by atoms with Crippen LogP contribution in [0.25, 0.3) is 32.1 Å². The number of fused-ring (bicyclic) bond motifs is 2. The predicted molar refractivity (Wildman–Crippen MR) is 129 cm³/mol. The van der Waals surface area contributed by atoms with Gasteiger partial charge in [0.15, 0.2) is 5.82 Å². The monoisotopic (exact) mass is 535 g/mol. The Kier molecular flexibility index (Phi) is 6.04. The Morgan fingerprint density at radius 2 is 2.00 bits per heavy atom. The normalized spacial score (nSPS) is 14.1. The zero-order valence-corrected chi connectivity index (χ0v) is 20.2. The van der Waals surface area contributed by atoms with Crippen molar-refractivity contribution < 1.29 is 31.4 Å².